The van der Waals surface area contributed by atoms with Crippen molar-refractivity contribution in [1.82, 2.24) is 4.57 Å². The molecule has 1 aliphatic carbocycles. The highest BCUT2D eigenvalue weighted by molar-refractivity contribution is 5.93. The van der Waals surface area contributed by atoms with E-state index in [9.17, 15) is 0 Å². The summed E-state index contributed by atoms with van der Waals surface area (Å²) in [5, 5.41) is 1.37. The topological polar surface area (TPSA) is 4.93 Å². The Kier molecular flexibility index (Phi) is 12.5. The minimum atomic E-state index is 0.616. The van der Waals surface area contributed by atoms with Crippen molar-refractivity contribution in [2.24, 2.45) is 0 Å². The second-order valence-corrected chi connectivity index (χ2v) is 14.9. The molecule has 1 aliphatic rings. The average Bonchev–Trinajstić information content (AvgIpc) is 3.62. The molecule has 1 unspecified atom stereocenters. The predicted molar refractivity (Wildman–Crippen MR) is 248 cm³/mol. The Morgan fingerprint density at radius 1 is 0.544 bits per heavy atom. The van der Waals surface area contributed by atoms with Crippen LogP contribution in [-0.4, -0.2) is 4.57 Å². The van der Waals surface area contributed by atoms with Crippen LogP contribution in [0.4, 0.5) is 0 Å². The number of benzene rings is 7. The Labute approximate surface area is 341 Å². The monoisotopic (exact) mass is 741 g/mol. The summed E-state index contributed by atoms with van der Waals surface area (Å²) in [6.45, 7) is 12.9. The van der Waals surface area contributed by atoms with Gasteiger partial charge >= 0.3 is 0 Å². The van der Waals surface area contributed by atoms with Crippen LogP contribution in [0.1, 0.15) is 74.4 Å². The Hall–Kier alpha value is -6.18. The molecule has 1 heterocycles. The van der Waals surface area contributed by atoms with Gasteiger partial charge in [-0.3, -0.25) is 0 Å². The summed E-state index contributed by atoms with van der Waals surface area (Å²) in [5.74, 6) is 0.616. The van der Waals surface area contributed by atoms with E-state index in [1.165, 1.54) is 95.5 Å². The Bertz CT molecular complexity index is 2630. The molecule has 9 rings (SSSR count). The number of hydrogen-bond acceptors (Lipinski definition) is 0. The quantitative estimate of drug-likeness (QED) is 0.153. The molecule has 1 nitrogen and oxygen atoms in total. The highest BCUT2D eigenvalue weighted by Crippen LogP contribution is 2.40. The molecule has 0 bridgehead atoms. The lowest BCUT2D eigenvalue weighted by Crippen LogP contribution is -2.00. The summed E-state index contributed by atoms with van der Waals surface area (Å²) in [7, 11) is 0. The summed E-state index contributed by atoms with van der Waals surface area (Å²) >= 11 is 0. The zero-order chi connectivity index (χ0) is 39.7. The van der Waals surface area contributed by atoms with Gasteiger partial charge in [-0.2, -0.15) is 0 Å². The van der Waals surface area contributed by atoms with Crippen molar-refractivity contribution in [3.63, 3.8) is 0 Å². The van der Waals surface area contributed by atoms with E-state index < -0.39 is 0 Å². The van der Waals surface area contributed by atoms with Gasteiger partial charge in [0.15, 0.2) is 0 Å². The molecule has 0 saturated heterocycles. The zero-order valence-electron chi connectivity index (χ0n) is 34.5. The third kappa shape index (κ3) is 8.21. The molecule has 7 aromatic carbocycles. The van der Waals surface area contributed by atoms with Crippen molar-refractivity contribution in [2.45, 2.75) is 66.7 Å². The number of para-hydroxylation sites is 1. The molecular formula is C56H55N. The highest BCUT2D eigenvalue weighted by Gasteiger charge is 2.19. The first-order valence-electron chi connectivity index (χ1n) is 20.8. The molecule has 0 saturated carbocycles. The minimum Gasteiger partial charge on any atom is -0.310 e. The van der Waals surface area contributed by atoms with Gasteiger partial charge in [-0.15, -0.1) is 0 Å². The summed E-state index contributed by atoms with van der Waals surface area (Å²) < 4.78 is 2.44. The second kappa shape index (κ2) is 18.2. The lowest BCUT2D eigenvalue weighted by atomic mass is 9.89. The maximum atomic E-state index is 2.44. The normalized spacial score (nSPS) is 12.2. The number of rotatable bonds is 7. The largest absolute Gasteiger partial charge is 0.310 e. The van der Waals surface area contributed by atoms with Crippen molar-refractivity contribution in [3.8, 4) is 50.2 Å². The molecule has 284 valence electrons. The standard InChI is InChI=1S/C37H29N.C17H20.C2H6/c1-26-12-10-13-27(24-26)30-16-2-4-18-32(30)33-19-5-3-17-31(33)28-14-11-15-29(25-28)38-36-22-8-6-20-34(36)35-21-7-9-23-37(35)38;1-4-13(2)15-10-7-8-12-17(15)16-11-6-5-9-14(16)3;1-2/h2-6,8-20,22-25H,7,21H2,1H3;5-13H,4H2,1-3H3;1-2H3. The Morgan fingerprint density at radius 3 is 1.77 bits per heavy atom. The first-order valence-corrected chi connectivity index (χ1v) is 20.8. The molecule has 1 aromatic heterocycles. The number of hydrogen-bond donors (Lipinski definition) is 0. The Morgan fingerprint density at radius 2 is 1.11 bits per heavy atom. The molecule has 0 amide bonds. The van der Waals surface area contributed by atoms with Gasteiger partial charge in [0, 0.05) is 16.8 Å². The fourth-order valence-corrected chi connectivity index (χ4v) is 8.30. The van der Waals surface area contributed by atoms with Crippen LogP contribution in [0.3, 0.4) is 0 Å². The third-order valence-electron chi connectivity index (χ3n) is 11.3. The van der Waals surface area contributed by atoms with Crippen molar-refractivity contribution in [3.05, 3.63) is 204 Å². The smallest absolute Gasteiger partial charge is 0.0537 e. The summed E-state index contributed by atoms with van der Waals surface area (Å²) in [5.41, 5.74) is 19.6. The second-order valence-electron chi connectivity index (χ2n) is 14.9. The summed E-state index contributed by atoms with van der Waals surface area (Å²) in [4.78, 5) is 0. The first-order chi connectivity index (χ1) is 28.0. The molecule has 1 atom stereocenters. The Balaban J connectivity index is 0.000000219. The zero-order valence-corrected chi connectivity index (χ0v) is 34.5. The maximum absolute atomic E-state index is 2.44. The van der Waals surface area contributed by atoms with Crippen LogP contribution in [-0.2, 0) is 6.42 Å². The van der Waals surface area contributed by atoms with Gasteiger partial charge in [0.05, 0.1) is 5.52 Å². The lowest BCUT2D eigenvalue weighted by Gasteiger charge is -2.17. The van der Waals surface area contributed by atoms with E-state index in [0.29, 0.717) is 5.92 Å². The molecule has 0 N–H and O–H groups in total. The van der Waals surface area contributed by atoms with Crippen LogP contribution >= 0.6 is 0 Å². The number of nitrogens with zero attached hydrogens (tertiary/aromatic N) is 1. The van der Waals surface area contributed by atoms with Gasteiger partial charge in [0.25, 0.3) is 0 Å². The van der Waals surface area contributed by atoms with E-state index >= 15 is 0 Å². The SMILES string of the molecule is CC.CCC(C)c1ccccc1-c1ccccc1C.Cc1cccc(-c2ccccc2-c2ccccc2-c2cccc(-n3c4c(c5ccccc53)CCC=C4)c2)c1. The van der Waals surface area contributed by atoms with E-state index in [1.807, 2.05) is 13.8 Å². The van der Waals surface area contributed by atoms with Crippen molar-refractivity contribution >= 4 is 17.0 Å². The van der Waals surface area contributed by atoms with Gasteiger partial charge in [-0.05, 0) is 125 Å². The van der Waals surface area contributed by atoms with Gasteiger partial charge < -0.3 is 4.57 Å². The minimum absolute atomic E-state index is 0.616. The fourth-order valence-electron chi connectivity index (χ4n) is 8.30. The van der Waals surface area contributed by atoms with Crippen LogP contribution in [0.15, 0.2) is 176 Å². The van der Waals surface area contributed by atoms with Gasteiger partial charge in [-0.25, -0.2) is 0 Å². The summed E-state index contributed by atoms with van der Waals surface area (Å²) in [6, 6.07) is 61.6. The van der Waals surface area contributed by atoms with Crippen LogP contribution < -0.4 is 0 Å². The molecule has 0 radical (unpaired) electrons. The van der Waals surface area contributed by atoms with E-state index in [4.69, 9.17) is 0 Å². The van der Waals surface area contributed by atoms with Crippen molar-refractivity contribution < 1.29 is 0 Å². The molecule has 0 fully saturated rings. The lowest BCUT2D eigenvalue weighted by molar-refractivity contribution is 0.735. The number of aromatic nitrogens is 1. The van der Waals surface area contributed by atoms with Crippen molar-refractivity contribution in [2.75, 3.05) is 0 Å². The first kappa shape index (κ1) is 39.1. The molecule has 8 aromatic rings. The fraction of sp³-hybridized carbons (Fsp3) is 0.179. The molecule has 0 aliphatic heterocycles. The maximum Gasteiger partial charge on any atom is 0.0537 e. The average molecular weight is 742 g/mol. The van der Waals surface area contributed by atoms with E-state index in [1.54, 1.807) is 0 Å². The number of allylic oxidation sites excluding steroid dienone is 1. The van der Waals surface area contributed by atoms with Crippen LogP contribution in [0.5, 0.6) is 0 Å². The third-order valence-corrected chi connectivity index (χ3v) is 11.3. The molecule has 0 spiro atoms. The van der Waals surface area contributed by atoms with E-state index in [-0.39, 0.29) is 0 Å². The number of fused-ring (bicyclic) bond motifs is 3. The summed E-state index contributed by atoms with van der Waals surface area (Å²) in [6.07, 6.45) is 7.99. The predicted octanol–water partition coefficient (Wildman–Crippen LogP) is 16.1. The number of aryl methyl sites for hydroxylation is 3. The van der Waals surface area contributed by atoms with Crippen LogP contribution in [0, 0.1) is 13.8 Å². The molecular weight excluding hydrogens is 687 g/mol. The van der Waals surface area contributed by atoms with E-state index in [2.05, 4.69) is 214 Å². The van der Waals surface area contributed by atoms with E-state index in [0.717, 1.165) is 12.8 Å². The molecule has 57 heavy (non-hydrogen) atoms. The van der Waals surface area contributed by atoms with Gasteiger partial charge in [-0.1, -0.05) is 191 Å². The highest BCUT2D eigenvalue weighted by atomic mass is 15.0. The van der Waals surface area contributed by atoms with Gasteiger partial charge in [0.2, 0.25) is 0 Å². The van der Waals surface area contributed by atoms with Crippen LogP contribution in [0.25, 0.3) is 67.2 Å². The molecule has 1 heteroatoms. The van der Waals surface area contributed by atoms with Crippen molar-refractivity contribution in [1.29, 1.82) is 0 Å². The van der Waals surface area contributed by atoms with Gasteiger partial charge in [0.1, 0.15) is 0 Å². The van der Waals surface area contributed by atoms with Crippen LogP contribution in [0.2, 0.25) is 0 Å².